The molecule has 1 aromatic heterocycles. The number of hydrogen-bond donors (Lipinski definition) is 2. The molecule has 0 bridgehead atoms. The predicted octanol–water partition coefficient (Wildman–Crippen LogP) is 1.64. The SMILES string of the molecule is CN=C(NCCc1csc(C)n1)NCC(C)N(C)C1CC1. The predicted molar refractivity (Wildman–Crippen MR) is 90.2 cm³/mol. The molecule has 118 valence electrons. The molecule has 0 aliphatic heterocycles. The van der Waals surface area contributed by atoms with Gasteiger partial charge in [0.25, 0.3) is 0 Å². The van der Waals surface area contributed by atoms with Gasteiger partial charge in [-0.3, -0.25) is 9.89 Å². The van der Waals surface area contributed by atoms with Gasteiger partial charge in [0, 0.05) is 44.0 Å². The number of nitrogens with one attached hydrogen (secondary N) is 2. The van der Waals surface area contributed by atoms with Crippen LogP contribution in [0.15, 0.2) is 10.4 Å². The molecule has 1 atom stereocenters. The number of thiazole rings is 1. The third kappa shape index (κ3) is 5.28. The van der Waals surface area contributed by atoms with E-state index in [4.69, 9.17) is 0 Å². The van der Waals surface area contributed by atoms with Gasteiger partial charge in [0.2, 0.25) is 0 Å². The van der Waals surface area contributed by atoms with Crippen LogP contribution in [0.4, 0.5) is 0 Å². The third-order valence-electron chi connectivity index (χ3n) is 3.95. The number of guanidine groups is 1. The Labute approximate surface area is 131 Å². The largest absolute Gasteiger partial charge is 0.356 e. The molecule has 0 radical (unpaired) electrons. The Morgan fingerprint density at radius 1 is 1.52 bits per heavy atom. The van der Waals surface area contributed by atoms with Crippen molar-refractivity contribution in [1.82, 2.24) is 20.5 Å². The van der Waals surface area contributed by atoms with Crippen molar-refractivity contribution in [3.05, 3.63) is 16.1 Å². The van der Waals surface area contributed by atoms with Crippen LogP contribution in [0.25, 0.3) is 0 Å². The second-order valence-electron chi connectivity index (χ2n) is 5.73. The molecule has 0 aromatic carbocycles. The molecule has 6 heteroatoms. The number of hydrogen-bond acceptors (Lipinski definition) is 4. The molecule has 0 amide bonds. The van der Waals surface area contributed by atoms with E-state index in [1.165, 1.54) is 12.8 Å². The van der Waals surface area contributed by atoms with Crippen molar-refractivity contribution in [3.63, 3.8) is 0 Å². The summed E-state index contributed by atoms with van der Waals surface area (Å²) in [6.07, 6.45) is 3.63. The normalized spacial score (nSPS) is 17.1. The van der Waals surface area contributed by atoms with Crippen LogP contribution < -0.4 is 10.6 Å². The summed E-state index contributed by atoms with van der Waals surface area (Å²) in [6.45, 7) is 6.08. The van der Waals surface area contributed by atoms with Gasteiger partial charge in [-0.15, -0.1) is 11.3 Å². The fraction of sp³-hybridized carbons (Fsp3) is 0.733. The smallest absolute Gasteiger partial charge is 0.191 e. The molecular formula is C15H27N5S. The highest BCUT2D eigenvalue weighted by Gasteiger charge is 2.28. The van der Waals surface area contributed by atoms with Crippen molar-refractivity contribution in [1.29, 1.82) is 0 Å². The Morgan fingerprint density at radius 2 is 2.29 bits per heavy atom. The van der Waals surface area contributed by atoms with Gasteiger partial charge >= 0.3 is 0 Å². The molecule has 2 rings (SSSR count). The molecule has 1 aromatic rings. The zero-order valence-corrected chi connectivity index (χ0v) is 14.3. The van der Waals surface area contributed by atoms with Crippen molar-refractivity contribution in [2.45, 2.75) is 45.2 Å². The van der Waals surface area contributed by atoms with E-state index in [-0.39, 0.29) is 0 Å². The lowest BCUT2D eigenvalue weighted by Crippen LogP contribution is -2.45. The highest BCUT2D eigenvalue weighted by Crippen LogP contribution is 2.26. The van der Waals surface area contributed by atoms with Gasteiger partial charge in [0.1, 0.15) is 0 Å². The number of aliphatic imine (C=N–C) groups is 1. The summed E-state index contributed by atoms with van der Waals surface area (Å²) in [5.41, 5.74) is 1.15. The van der Waals surface area contributed by atoms with Gasteiger partial charge in [-0.05, 0) is 33.7 Å². The number of rotatable bonds is 7. The second kappa shape index (κ2) is 7.75. The van der Waals surface area contributed by atoms with E-state index in [9.17, 15) is 0 Å². The maximum absolute atomic E-state index is 4.47. The Bertz CT molecular complexity index is 466. The molecule has 1 unspecified atom stereocenters. The Balaban J connectivity index is 1.65. The van der Waals surface area contributed by atoms with Crippen molar-refractivity contribution in [2.75, 3.05) is 27.2 Å². The van der Waals surface area contributed by atoms with E-state index in [2.05, 4.69) is 44.9 Å². The van der Waals surface area contributed by atoms with E-state index in [1.54, 1.807) is 11.3 Å². The Morgan fingerprint density at radius 3 is 2.86 bits per heavy atom. The van der Waals surface area contributed by atoms with Gasteiger partial charge < -0.3 is 10.6 Å². The van der Waals surface area contributed by atoms with Crippen LogP contribution in [0.5, 0.6) is 0 Å². The Kier molecular flexibility index (Phi) is 5.99. The fourth-order valence-electron chi connectivity index (χ4n) is 2.28. The average molecular weight is 309 g/mol. The van der Waals surface area contributed by atoms with Crippen molar-refractivity contribution < 1.29 is 0 Å². The molecule has 1 aliphatic rings. The first-order chi connectivity index (χ1) is 10.1. The van der Waals surface area contributed by atoms with Gasteiger partial charge in [0.15, 0.2) is 5.96 Å². The van der Waals surface area contributed by atoms with Crippen molar-refractivity contribution >= 4 is 17.3 Å². The zero-order chi connectivity index (χ0) is 15.2. The van der Waals surface area contributed by atoms with E-state index >= 15 is 0 Å². The molecule has 1 fully saturated rings. The first kappa shape index (κ1) is 16.2. The van der Waals surface area contributed by atoms with Crippen LogP contribution >= 0.6 is 11.3 Å². The van der Waals surface area contributed by atoms with Crippen LogP contribution in [0.2, 0.25) is 0 Å². The molecule has 0 saturated heterocycles. The Hall–Kier alpha value is -1.14. The van der Waals surface area contributed by atoms with Crippen LogP contribution in [-0.4, -0.2) is 55.1 Å². The summed E-state index contributed by atoms with van der Waals surface area (Å²) in [7, 11) is 4.03. The fourth-order valence-corrected chi connectivity index (χ4v) is 2.93. The van der Waals surface area contributed by atoms with Crippen LogP contribution in [-0.2, 0) is 6.42 Å². The van der Waals surface area contributed by atoms with Gasteiger partial charge in [-0.2, -0.15) is 0 Å². The zero-order valence-electron chi connectivity index (χ0n) is 13.5. The van der Waals surface area contributed by atoms with Gasteiger partial charge in [-0.1, -0.05) is 0 Å². The van der Waals surface area contributed by atoms with E-state index in [0.29, 0.717) is 6.04 Å². The molecule has 5 nitrogen and oxygen atoms in total. The molecule has 21 heavy (non-hydrogen) atoms. The monoisotopic (exact) mass is 309 g/mol. The molecule has 1 saturated carbocycles. The highest BCUT2D eigenvalue weighted by atomic mass is 32.1. The van der Waals surface area contributed by atoms with E-state index < -0.39 is 0 Å². The van der Waals surface area contributed by atoms with Gasteiger partial charge in [0.05, 0.1) is 10.7 Å². The minimum absolute atomic E-state index is 0.525. The molecule has 2 N–H and O–H groups in total. The highest BCUT2D eigenvalue weighted by molar-refractivity contribution is 7.09. The standard InChI is InChI=1S/C15H27N5S/c1-11(20(4)14-5-6-14)9-18-15(16-3)17-8-7-13-10-21-12(2)19-13/h10-11,14H,5-9H2,1-4H3,(H2,16,17,18). The molecule has 1 heterocycles. The lowest BCUT2D eigenvalue weighted by Gasteiger charge is -2.25. The number of likely N-dealkylation sites (N-methyl/N-ethyl adjacent to an activating group) is 1. The summed E-state index contributed by atoms with van der Waals surface area (Å²) in [4.78, 5) is 11.2. The van der Waals surface area contributed by atoms with Crippen molar-refractivity contribution in [3.8, 4) is 0 Å². The van der Waals surface area contributed by atoms with E-state index in [0.717, 1.165) is 42.2 Å². The maximum atomic E-state index is 4.47. The summed E-state index contributed by atoms with van der Waals surface area (Å²) in [6, 6.07) is 1.32. The maximum Gasteiger partial charge on any atom is 0.191 e. The number of aryl methyl sites for hydroxylation is 1. The minimum atomic E-state index is 0.525. The molecular weight excluding hydrogens is 282 g/mol. The third-order valence-corrected chi connectivity index (χ3v) is 4.77. The topological polar surface area (TPSA) is 52.6 Å². The minimum Gasteiger partial charge on any atom is -0.356 e. The summed E-state index contributed by atoms with van der Waals surface area (Å²) in [5.74, 6) is 0.873. The average Bonchev–Trinajstić information content (AvgIpc) is 3.24. The summed E-state index contributed by atoms with van der Waals surface area (Å²) in [5, 5.41) is 10.0. The first-order valence-corrected chi connectivity index (χ1v) is 8.55. The van der Waals surface area contributed by atoms with Crippen molar-refractivity contribution in [2.24, 2.45) is 4.99 Å². The van der Waals surface area contributed by atoms with E-state index in [1.807, 2.05) is 14.0 Å². The summed E-state index contributed by atoms with van der Waals surface area (Å²) < 4.78 is 0. The van der Waals surface area contributed by atoms with Crippen LogP contribution in [0, 0.1) is 6.92 Å². The lowest BCUT2D eigenvalue weighted by atomic mass is 10.3. The quantitative estimate of drug-likeness (QED) is 0.594. The molecule has 1 aliphatic carbocycles. The van der Waals surface area contributed by atoms with Crippen LogP contribution in [0.1, 0.15) is 30.5 Å². The second-order valence-corrected chi connectivity index (χ2v) is 6.80. The first-order valence-electron chi connectivity index (χ1n) is 7.67. The van der Waals surface area contributed by atoms with Gasteiger partial charge in [-0.25, -0.2) is 4.98 Å². The van der Waals surface area contributed by atoms with Crippen LogP contribution in [0.3, 0.4) is 0 Å². The number of nitrogens with zero attached hydrogens (tertiary/aromatic N) is 3. The lowest BCUT2D eigenvalue weighted by molar-refractivity contribution is 0.247. The number of aromatic nitrogens is 1. The summed E-state index contributed by atoms with van der Waals surface area (Å²) >= 11 is 1.70. The molecule has 0 spiro atoms.